The van der Waals surface area contributed by atoms with Crippen molar-refractivity contribution in [3.05, 3.63) is 22.2 Å². The number of ether oxygens (including phenoxy) is 2. The Morgan fingerprint density at radius 1 is 1.58 bits per heavy atom. The molecule has 2 atom stereocenters. The molecule has 0 radical (unpaired) electrons. The second kappa shape index (κ2) is 9.15. The van der Waals surface area contributed by atoms with E-state index >= 15 is 0 Å². The fourth-order valence-corrected chi connectivity index (χ4v) is 2.08. The molecule has 0 amide bonds. The third kappa shape index (κ3) is 4.63. The molecule has 24 heavy (non-hydrogen) atoms. The molecular formula is C16H21FN2O5. The second-order valence-corrected chi connectivity index (χ2v) is 5.34. The Kier molecular flexibility index (Phi) is 7.55. The molecule has 1 fully saturated rings. The van der Waals surface area contributed by atoms with E-state index in [1.54, 1.807) is 13.8 Å². The average molecular weight is 340 g/mol. The molecule has 0 bridgehead atoms. The molecule has 2 unspecified atom stereocenters. The largest absolute Gasteiger partial charge is 0.406 e. The Labute approximate surface area is 139 Å². The van der Waals surface area contributed by atoms with Gasteiger partial charge in [0.05, 0.1) is 25.8 Å². The molecule has 1 saturated heterocycles. The van der Waals surface area contributed by atoms with Crippen LogP contribution in [0.5, 0.6) is 5.88 Å². The van der Waals surface area contributed by atoms with E-state index < -0.39 is 17.9 Å². The molecule has 2 rings (SSSR count). The molecule has 2 heterocycles. The summed E-state index contributed by atoms with van der Waals surface area (Å²) >= 11 is 0. The van der Waals surface area contributed by atoms with Gasteiger partial charge in [-0.05, 0) is 12.8 Å². The Morgan fingerprint density at radius 2 is 2.25 bits per heavy atom. The van der Waals surface area contributed by atoms with Gasteiger partial charge in [-0.3, -0.25) is 13.8 Å². The highest BCUT2D eigenvalue weighted by Crippen LogP contribution is 2.27. The van der Waals surface area contributed by atoms with Gasteiger partial charge in [0.25, 0.3) is 0 Å². The van der Waals surface area contributed by atoms with Crippen molar-refractivity contribution in [3.8, 4) is 18.2 Å². The van der Waals surface area contributed by atoms with Crippen LogP contribution in [0.25, 0.3) is 0 Å². The number of rotatable bonds is 4. The van der Waals surface area contributed by atoms with Crippen molar-refractivity contribution in [2.24, 2.45) is 5.92 Å². The number of esters is 1. The summed E-state index contributed by atoms with van der Waals surface area (Å²) in [6.45, 7) is 3.23. The summed E-state index contributed by atoms with van der Waals surface area (Å²) in [5.41, 5.74) is -0.418. The lowest BCUT2D eigenvalue weighted by Gasteiger charge is -2.16. The molecular weight excluding hydrogens is 319 g/mol. The van der Waals surface area contributed by atoms with Gasteiger partial charge in [-0.1, -0.05) is 19.8 Å². The van der Waals surface area contributed by atoms with Crippen molar-refractivity contribution in [3.63, 3.8) is 0 Å². The molecule has 0 spiro atoms. The minimum atomic E-state index is -0.617. The van der Waals surface area contributed by atoms with Crippen LogP contribution >= 0.6 is 0 Å². The molecule has 0 aromatic carbocycles. The average Bonchev–Trinajstić information content (AvgIpc) is 3.05. The van der Waals surface area contributed by atoms with E-state index in [9.17, 15) is 14.0 Å². The maximum Gasteiger partial charge on any atom is 0.353 e. The molecule has 1 aromatic rings. The first-order valence-electron chi connectivity index (χ1n) is 7.41. The number of aromatic nitrogens is 2. The van der Waals surface area contributed by atoms with Gasteiger partial charge in [0.1, 0.15) is 11.8 Å². The smallest absolute Gasteiger partial charge is 0.353 e. The van der Waals surface area contributed by atoms with Crippen molar-refractivity contribution in [2.45, 2.75) is 39.0 Å². The maximum absolute atomic E-state index is 12.1. The first-order valence-corrected chi connectivity index (χ1v) is 7.41. The van der Waals surface area contributed by atoms with Crippen LogP contribution in [0.15, 0.2) is 11.0 Å². The number of carbonyl (C=O) groups is 1. The van der Waals surface area contributed by atoms with Crippen molar-refractivity contribution in [2.75, 3.05) is 13.8 Å². The third-order valence-electron chi connectivity index (χ3n) is 3.34. The number of hydrogen-bond donors (Lipinski definition) is 1. The third-order valence-corrected chi connectivity index (χ3v) is 3.34. The van der Waals surface area contributed by atoms with Crippen LogP contribution in [0.4, 0.5) is 4.39 Å². The fraction of sp³-hybridized carbons (Fsp3) is 0.562. The number of halogens is 1. The molecule has 1 aliphatic rings. The molecule has 7 nitrogen and oxygen atoms in total. The Hall–Kier alpha value is -2.24. The Balaban J connectivity index is 0.00000139. The van der Waals surface area contributed by atoms with Crippen molar-refractivity contribution >= 4 is 5.97 Å². The maximum atomic E-state index is 12.1. The molecule has 0 aliphatic carbocycles. The lowest BCUT2D eigenvalue weighted by atomic mass is 10.2. The minimum absolute atomic E-state index is 0.106. The Morgan fingerprint density at radius 3 is 2.75 bits per heavy atom. The topological polar surface area (TPSA) is 90.7 Å². The van der Waals surface area contributed by atoms with E-state index in [-0.39, 0.29) is 30.1 Å². The van der Waals surface area contributed by atoms with Crippen LogP contribution in [0.1, 0.15) is 38.5 Å². The molecule has 1 aliphatic heterocycles. The number of terminal acetylenes is 1. The predicted molar refractivity (Wildman–Crippen MR) is 84.2 cm³/mol. The first kappa shape index (κ1) is 19.8. The molecule has 8 heteroatoms. The summed E-state index contributed by atoms with van der Waals surface area (Å²) in [6, 6.07) is 0. The number of nitrogens with zero attached hydrogens (tertiary/aromatic N) is 2. The Bertz CT molecular complexity index is 665. The van der Waals surface area contributed by atoms with Gasteiger partial charge < -0.3 is 14.6 Å². The zero-order valence-electron chi connectivity index (χ0n) is 13.9. The minimum Gasteiger partial charge on any atom is -0.406 e. The number of aliphatic hydroxyl groups is 1. The van der Waals surface area contributed by atoms with Crippen LogP contribution in [-0.4, -0.2) is 40.5 Å². The van der Waals surface area contributed by atoms with Crippen molar-refractivity contribution in [1.29, 1.82) is 0 Å². The van der Waals surface area contributed by atoms with E-state index in [0.29, 0.717) is 20.0 Å². The highest BCUT2D eigenvalue weighted by molar-refractivity contribution is 5.74. The highest BCUT2D eigenvalue weighted by Gasteiger charge is 2.28. The lowest BCUT2D eigenvalue weighted by Crippen LogP contribution is -2.29. The van der Waals surface area contributed by atoms with Crippen LogP contribution < -0.4 is 10.4 Å². The van der Waals surface area contributed by atoms with Gasteiger partial charge in [-0.2, -0.15) is 4.98 Å². The number of aliphatic hydroxyl groups excluding tert-OH is 1. The number of carbonyl (C=O) groups excluding carboxylic acids is 1. The standard InChI is InChI=1S/C15H18N2O5.CH3F/c1-4-10-7-17(12-6-5-11(8-18)21-12)15(20)16-13(10)22-14(19)9(2)3;1-2/h1,7,9,11-12,18H,5-6,8H2,2-3H3;1H3. The molecule has 1 aromatic heterocycles. The van der Waals surface area contributed by atoms with E-state index in [4.69, 9.17) is 21.0 Å². The normalized spacial score (nSPS) is 19.4. The van der Waals surface area contributed by atoms with Crippen LogP contribution in [0.3, 0.4) is 0 Å². The zero-order valence-corrected chi connectivity index (χ0v) is 13.9. The summed E-state index contributed by atoms with van der Waals surface area (Å²) in [7, 11) is 0.500. The first-order chi connectivity index (χ1) is 11.5. The van der Waals surface area contributed by atoms with Crippen LogP contribution in [0, 0.1) is 18.3 Å². The number of alkyl halides is 1. The van der Waals surface area contributed by atoms with Gasteiger partial charge in [0, 0.05) is 6.20 Å². The van der Waals surface area contributed by atoms with Gasteiger partial charge in [-0.15, -0.1) is 6.42 Å². The lowest BCUT2D eigenvalue weighted by molar-refractivity contribution is -0.138. The SMILES string of the molecule is C#Cc1cn(C2CCC(CO)O2)c(=O)nc1OC(=O)C(C)C.CF. The summed E-state index contributed by atoms with van der Waals surface area (Å²) in [4.78, 5) is 27.5. The summed E-state index contributed by atoms with van der Waals surface area (Å²) in [5, 5.41) is 9.08. The van der Waals surface area contributed by atoms with Crippen LogP contribution in [-0.2, 0) is 9.53 Å². The van der Waals surface area contributed by atoms with Crippen molar-refractivity contribution < 1.29 is 23.8 Å². The monoisotopic (exact) mass is 340 g/mol. The summed E-state index contributed by atoms with van der Waals surface area (Å²) < 4.78 is 21.3. The van der Waals surface area contributed by atoms with Gasteiger partial charge in [0.2, 0.25) is 5.88 Å². The molecule has 132 valence electrons. The van der Waals surface area contributed by atoms with Gasteiger partial charge >= 0.3 is 11.7 Å². The second-order valence-electron chi connectivity index (χ2n) is 5.34. The van der Waals surface area contributed by atoms with E-state index in [1.165, 1.54) is 10.8 Å². The summed E-state index contributed by atoms with van der Waals surface area (Å²) in [6.07, 6.45) is 7.17. The van der Waals surface area contributed by atoms with E-state index in [1.807, 2.05) is 0 Å². The van der Waals surface area contributed by atoms with E-state index in [2.05, 4.69) is 10.9 Å². The number of hydrogen-bond acceptors (Lipinski definition) is 6. The van der Waals surface area contributed by atoms with Crippen molar-refractivity contribution in [1.82, 2.24) is 9.55 Å². The van der Waals surface area contributed by atoms with Gasteiger partial charge in [0.15, 0.2) is 0 Å². The predicted octanol–water partition coefficient (Wildman–Crippen LogP) is 1.04. The molecule has 1 N–H and O–H groups in total. The van der Waals surface area contributed by atoms with E-state index in [0.717, 1.165) is 0 Å². The highest BCUT2D eigenvalue weighted by atomic mass is 19.1. The molecule has 0 saturated carbocycles. The quantitative estimate of drug-likeness (QED) is 0.651. The van der Waals surface area contributed by atoms with Crippen LogP contribution in [0.2, 0.25) is 0 Å². The van der Waals surface area contributed by atoms with Gasteiger partial charge in [-0.25, -0.2) is 4.79 Å². The zero-order chi connectivity index (χ0) is 18.3. The fourth-order valence-electron chi connectivity index (χ4n) is 2.08. The summed E-state index contributed by atoms with van der Waals surface area (Å²) in [5.74, 6) is 1.31.